The number of fused-ring (bicyclic) bond motifs is 1. The van der Waals surface area contributed by atoms with E-state index in [0.717, 1.165) is 17.7 Å². The van der Waals surface area contributed by atoms with E-state index in [2.05, 4.69) is 21.7 Å². The van der Waals surface area contributed by atoms with Gasteiger partial charge in [0.05, 0.1) is 11.3 Å². The van der Waals surface area contributed by atoms with Crippen LogP contribution in [-0.2, 0) is 0 Å². The van der Waals surface area contributed by atoms with Crippen molar-refractivity contribution in [1.82, 2.24) is 9.97 Å². The molecule has 0 saturated heterocycles. The van der Waals surface area contributed by atoms with E-state index in [1.54, 1.807) is 18.5 Å². The maximum atomic E-state index is 14.3. The smallest absolute Gasteiger partial charge is 0.201 e. The minimum absolute atomic E-state index is 0.0918. The summed E-state index contributed by atoms with van der Waals surface area (Å²) in [6.07, 6.45) is 8.15. The number of rotatable bonds is 5. The number of carbonyl (C=O) groups excluding carboxylic acids is 1. The average molecular weight is 366 g/mol. The van der Waals surface area contributed by atoms with Crippen molar-refractivity contribution in [1.29, 1.82) is 0 Å². The van der Waals surface area contributed by atoms with Crippen LogP contribution in [0.4, 0.5) is 14.5 Å². The van der Waals surface area contributed by atoms with Crippen LogP contribution in [0.3, 0.4) is 0 Å². The van der Waals surface area contributed by atoms with Gasteiger partial charge in [0.25, 0.3) is 0 Å². The molecular weight excluding hydrogens is 350 g/mol. The predicted molar refractivity (Wildman–Crippen MR) is 103 cm³/mol. The largest absolute Gasteiger partial charge is 0.396 e. The van der Waals surface area contributed by atoms with Crippen LogP contribution >= 0.6 is 0 Å². The molecule has 7 heteroatoms. The predicted octanol–water partition coefficient (Wildman–Crippen LogP) is 4.27. The van der Waals surface area contributed by atoms with Crippen LogP contribution in [0.25, 0.3) is 16.6 Å². The molecule has 3 rings (SSSR count). The van der Waals surface area contributed by atoms with E-state index in [1.165, 1.54) is 6.20 Å². The summed E-state index contributed by atoms with van der Waals surface area (Å²) in [5.41, 5.74) is 6.39. The molecule has 27 heavy (non-hydrogen) atoms. The number of nitrogens with zero attached hydrogens (tertiary/aromatic N) is 2. The lowest BCUT2D eigenvalue weighted by molar-refractivity contribution is 0.103. The molecule has 0 bridgehead atoms. The molecule has 0 fully saturated rings. The number of aromatic nitrogens is 2. The van der Waals surface area contributed by atoms with Gasteiger partial charge in [0.2, 0.25) is 5.78 Å². The van der Waals surface area contributed by atoms with E-state index in [0.29, 0.717) is 16.6 Å². The van der Waals surface area contributed by atoms with E-state index in [-0.39, 0.29) is 11.3 Å². The molecule has 0 saturated carbocycles. The van der Waals surface area contributed by atoms with Crippen molar-refractivity contribution in [2.45, 2.75) is 6.92 Å². The van der Waals surface area contributed by atoms with Crippen LogP contribution in [0.5, 0.6) is 0 Å². The van der Waals surface area contributed by atoms with E-state index in [9.17, 15) is 13.6 Å². The Kier molecular flexibility index (Phi) is 4.94. The molecule has 2 heterocycles. The van der Waals surface area contributed by atoms with E-state index >= 15 is 0 Å². The highest BCUT2D eigenvalue weighted by Gasteiger charge is 2.23. The summed E-state index contributed by atoms with van der Waals surface area (Å²) in [6, 6.07) is 3.74. The fourth-order valence-corrected chi connectivity index (χ4v) is 2.75. The Labute approximate surface area is 154 Å². The lowest BCUT2D eigenvalue weighted by Gasteiger charge is -2.06. The monoisotopic (exact) mass is 366 g/mol. The zero-order valence-electron chi connectivity index (χ0n) is 14.5. The van der Waals surface area contributed by atoms with Gasteiger partial charge < -0.3 is 10.7 Å². The summed E-state index contributed by atoms with van der Waals surface area (Å²) in [4.78, 5) is 23.7. The molecule has 2 aromatic heterocycles. The van der Waals surface area contributed by atoms with Gasteiger partial charge in [-0.3, -0.25) is 9.79 Å². The third-order valence-electron chi connectivity index (χ3n) is 4.03. The first-order valence-electron chi connectivity index (χ1n) is 8.02. The summed E-state index contributed by atoms with van der Waals surface area (Å²) in [6.45, 7) is 5.28. The molecule has 0 aliphatic carbocycles. The Bertz CT molecular complexity index is 1110. The fraction of sp³-hybridized carbons (Fsp3) is 0.0500. The van der Waals surface area contributed by atoms with Gasteiger partial charge in [-0.2, -0.15) is 0 Å². The minimum atomic E-state index is -1.08. The van der Waals surface area contributed by atoms with Crippen molar-refractivity contribution in [3.8, 4) is 0 Å². The third kappa shape index (κ3) is 3.27. The number of allylic oxidation sites excluding steroid dienone is 3. The first-order valence-corrected chi connectivity index (χ1v) is 8.02. The van der Waals surface area contributed by atoms with Crippen molar-refractivity contribution in [3.63, 3.8) is 0 Å². The number of aliphatic imine (C=N–C) groups is 1. The summed E-state index contributed by atoms with van der Waals surface area (Å²) in [5, 5.41) is 0.429. The van der Waals surface area contributed by atoms with Crippen molar-refractivity contribution in [3.05, 3.63) is 77.3 Å². The molecular formula is C20H16F2N4O. The molecule has 0 unspecified atom stereocenters. The second kappa shape index (κ2) is 7.33. The quantitative estimate of drug-likeness (QED) is 0.306. The summed E-state index contributed by atoms with van der Waals surface area (Å²) < 4.78 is 28.4. The number of H-pyrrole nitrogens is 1. The molecule has 1 aromatic carbocycles. The number of hydrogen-bond donors (Lipinski definition) is 2. The zero-order valence-corrected chi connectivity index (χ0v) is 14.5. The third-order valence-corrected chi connectivity index (χ3v) is 4.03. The molecule has 136 valence electrons. The lowest BCUT2D eigenvalue weighted by Crippen LogP contribution is -2.09. The number of halogens is 2. The normalized spacial score (nSPS) is 12.0. The van der Waals surface area contributed by atoms with E-state index < -0.39 is 23.0 Å². The lowest BCUT2D eigenvalue weighted by atomic mass is 10.00. The van der Waals surface area contributed by atoms with Gasteiger partial charge in [-0.25, -0.2) is 13.8 Å². The van der Waals surface area contributed by atoms with Gasteiger partial charge in [-0.15, -0.1) is 0 Å². The van der Waals surface area contributed by atoms with Crippen molar-refractivity contribution in [2.75, 3.05) is 5.73 Å². The van der Waals surface area contributed by atoms with Gasteiger partial charge >= 0.3 is 0 Å². The molecule has 5 nitrogen and oxygen atoms in total. The summed E-state index contributed by atoms with van der Waals surface area (Å²) in [5.74, 6) is -2.87. The number of carbonyl (C=O) groups is 1. The summed E-state index contributed by atoms with van der Waals surface area (Å²) >= 11 is 0. The second-order valence-corrected chi connectivity index (χ2v) is 5.74. The number of anilines is 1. The molecule has 0 aliphatic rings. The van der Waals surface area contributed by atoms with Gasteiger partial charge in [0, 0.05) is 40.7 Å². The Hall–Kier alpha value is -3.61. The van der Waals surface area contributed by atoms with Crippen LogP contribution in [0.1, 0.15) is 28.4 Å². The fourth-order valence-electron chi connectivity index (χ4n) is 2.75. The number of nitrogens with one attached hydrogen (secondary N) is 1. The molecule has 0 spiro atoms. The average Bonchev–Trinajstić information content (AvgIpc) is 3.08. The van der Waals surface area contributed by atoms with Crippen LogP contribution < -0.4 is 5.73 Å². The zero-order chi connectivity index (χ0) is 19.6. The maximum absolute atomic E-state index is 14.3. The number of ketones is 1. The number of hydrogen-bond acceptors (Lipinski definition) is 4. The van der Waals surface area contributed by atoms with Gasteiger partial charge in [0.1, 0.15) is 11.5 Å². The van der Waals surface area contributed by atoms with Crippen molar-refractivity contribution in [2.24, 2.45) is 4.99 Å². The van der Waals surface area contributed by atoms with Crippen LogP contribution in [0.15, 0.2) is 53.9 Å². The topological polar surface area (TPSA) is 84.1 Å². The highest BCUT2D eigenvalue weighted by atomic mass is 19.1. The number of benzene rings is 1. The molecule has 0 aliphatic heterocycles. The number of pyridine rings is 1. The Morgan fingerprint density at radius 3 is 2.85 bits per heavy atom. The minimum Gasteiger partial charge on any atom is -0.396 e. The van der Waals surface area contributed by atoms with E-state index in [4.69, 9.17) is 5.73 Å². The maximum Gasteiger partial charge on any atom is 0.201 e. The second-order valence-electron chi connectivity index (χ2n) is 5.74. The van der Waals surface area contributed by atoms with Crippen LogP contribution in [0, 0.1) is 11.6 Å². The Morgan fingerprint density at radius 1 is 1.37 bits per heavy atom. The Balaban J connectivity index is 2.18. The summed E-state index contributed by atoms with van der Waals surface area (Å²) in [7, 11) is 0. The first-order chi connectivity index (χ1) is 13.0. The van der Waals surface area contributed by atoms with Crippen LogP contribution in [0.2, 0.25) is 0 Å². The molecule has 0 amide bonds. The highest BCUT2D eigenvalue weighted by Crippen LogP contribution is 2.27. The van der Waals surface area contributed by atoms with Crippen molar-refractivity contribution >= 4 is 34.8 Å². The van der Waals surface area contributed by atoms with Gasteiger partial charge in [-0.05, 0) is 31.8 Å². The van der Waals surface area contributed by atoms with E-state index in [1.807, 2.05) is 19.1 Å². The molecule has 3 aromatic rings. The highest BCUT2D eigenvalue weighted by molar-refractivity contribution is 6.16. The van der Waals surface area contributed by atoms with Crippen molar-refractivity contribution < 1.29 is 13.6 Å². The van der Waals surface area contributed by atoms with Gasteiger partial charge in [-0.1, -0.05) is 12.2 Å². The Morgan fingerprint density at radius 2 is 2.15 bits per heavy atom. The van der Waals surface area contributed by atoms with Crippen LogP contribution in [-0.4, -0.2) is 22.5 Å². The SMILES string of the molecule is C=N/C=C(\C=C/C)c1cnc2[nH]cc(C(=O)c3c(F)ccc(N)c3F)c2c1. The standard InChI is InChI=1S/C20H16F2N4O/c1-3-4-11(8-24-2)12-7-13-14(10-26-20(13)25-9-12)19(27)17-15(21)5-6-16(23)18(17)22/h3-10H,2,23H2,1H3,(H,25,26)/b4-3-,11-8+. The number of nitrogen functional groups attached to an aromatic ring is 1. The van der Waals surface area contributed by atoms with Gasteiger partial charge in [0.15, 0.2) is 5.82 Å². The molecule has 0 atom stereocenters. The number of nitrogens with two attached hydrogens (primary N) is 1. The first kappa shape index (κ1) is 18.2. The number of aromatic amines is 1. The molecule has 0 radical (unpaired) electrons. The molecule has 3 N–H and O–H groups in total.